The fourth-order valence-electron chi connectivity index (χ4n) is 7.39. The van der Waals surface area contributed by atoms with Gasteiger partial charge in [0.2, 0.25) is 0 Å². The molecule has 330 valence electrons. The van der Waals surface area contributed by atoms with Gasteiger partial charge in [-0.3, -0.25) is 4.79 Å². The molecule has 5 aromatic carbocycles. The summed E-state index contributed by atoms with van der Waals surface area (Å²) in [6, 6.07) is 44.3. The summed E-state index contributed by atoms with van der Waals surface area (Å²) < 4.78 is 55.9. The van der Waals surface area contributed by atoms with Crippen molar-refractivity contribution in [3.63, 3.8) is 0 Å². The summed E-state index contributed by atoms with van der Waals surface area (Å²) in [5, 5.41) is 11.4. The molecule has 2 saturated heterocycles. The van der Waals surface area contributed by atoms with Crippen LogP contribution in [0.2, 0.25) is 0 Å². The van der Waals surface area contributed by atoms with Gasteiger partial charge in [0, 0.05) is 5.56 Å². The van der Waals surface area contributed by atoms with E-state index in [0.29, 0.717) is 0 Å². The van der Waals surface area contributed by atoms with E-state index < -0.39 is 85.7 Å². The number of hydrogen-bond acceptors (Lipinski definition) is 14. The Balaban J connectivity index is 1.22. The van der Waals surface area contributed by atoms with Crippen molar-refractivity contribution < 1.29 is 62.1 Å². The Hall–Kier alpha value is -5.65. The van der Waals surface area contributed by atoms with Crippen molar-refractivity contribution in [1.29, 1.82) is 0 Å². The van der Waals surface area contributed by atoms with E-state index >= 15 is 0 Å². The molecule has 2 aliphatic rings. The van der Waals surface area contributed by atoms with Gasteiger partial charge in [-0.1, -0.05) is 152 Å². The van der Waals surface area contributed by atoms with Crippen LogP contribution in [0.5, 0.6) is 0 Å². The molecule has 63 heavy (non-hydrogen) atoms. The second kappa shape index (κ2) is 22.6. The molecule has 0 radical (unpaired) electrons. The van der Waals surface area contributed by atoms with Crippen LogP contribution in [0.25, 0.3) is 0 Å². The average molecular weight is 862 g/mol. The lowest BCUT2D eigenvalue weighted by Gasteiger charge is -2.48. The minimum Gasteiger partial charge on any atom is -0.467 e. The van der Waals surface area contributed by atoms with Gasteiger partial charge in [0.15, 0.2) is 18.7 Å². The first-order chi connectivity index (χ1) is 30.8. The van der Waals surface area contributed by atoms with E-state index in [-0.39, 0.29) is 32.0 Å². The van der Waals surface area contributed by atoms with Gasteiger partial charge in [-0.2, -0.15) is 0 Å². The summed E-state index contributed by atoms with van der Waals surface area (Å²) in [4.78, 5) is 39.9. The molecule has 7 rings (SSSR count). The third kappa shape index (κ3) is 12.1. The number of ketones is 1. The molecule has 0 spiro atoms. The van der Waals surface area contributed by atoms with Crippen LogP contribution in [0, 0.1) is 0 Å². The van der Waals surface area contributed by atoms with Crippen molar-refractivity contribution in [2.45, 2.75) is 87.8 Å². The molecular formula is C49H51NO13. The van der Waals surface area contributed by atoms with E-state index in [1.165, 1.54) is 19.2 Å². The first kappa shape index (κ1) is 45.4. The van der Waals surface area contributed by atoms with Gasteiger partial charge >= 0.3 is 11.9 Å². The van der Waals surface area contributed by atoms with Crippen LogP contribution in [0.3, 0.4) is 0 Å². The second-order valence-electron chi connectivity index (χ2n) is 15.0. The number of ether oxygens (including phenoxy) is 9. The smallest absolute Gasteiger partial charge is 0.379 e. The number of nitrogens with two attached hydrogens (primary N) is 1. The maximum atomic E-state index is 13.5. The monoisotopic (exact) mass is 861 g/mol. The molecule has 0 aliphatic carbocycles. The molecule has 0 saturated carbocycles. The van der Waals surface area contributed by atoms with Crippen molar-refractivity contribution in [2.75, 3.05) is 13.7 Å². The number of benzene rings is 5. The minimum atomic E-state index is -1.66. The van der Waals surface area contributed by atoms with Crippen LogP contribution in [0.1, 0.15) is 32.6 Å². The summed E-state index contributed by atoms with van der Waals surface area (Å²) in [6.07, 6.45) is -11.5. The molecule has 2 aliphatic heterocycles. The highest BCUT2D eigenvalue weighted by molar-refractivity contribution is 6.40. The van der Waals surface area contributed by atoms with Crippen LogP contribution >= 0.6 is 0 Å². The van der Waals surface area contributed by atoms with Gasteiger partial charge in [-0.15, -0.1) is 0 Å². The second-order valence-corrected chi connectivity index (χ2v) is 15.0. The molecule has 2 fully saturated rings. The Labute approximate surface area is 365 Å². The van der Waals surface area contributed by atoms with Gasteiger partial charge in [0.25, 0.3) is 5.78 Å². The van der Waals surface area contributed by atoms with Crippen molar-refractivity contribution in [3.8, 4) is 0 Å². The molecule has 0 aromatic heterocycles. The van der Waals surface area contributed by atoms with Crippen LogP contribution < -0.4 is 5.73 Å². The summed E-state index contributed by atoms with van der Waals surface area (Å²) in [5.74, 6) is -2.84. The third-order valence-electron chi connectivity index (χ3n) is 10.7. The Morgan fingerprint density at radius 3 is 1.46 bits per heavy atom. The topological polar surface area (TPSA) is 181 Å². The molecule has 2 heterocycles. The quantitative estimate of drug-likeness (QED) is 0.0638. The normalized spacial score (nSPS) is 25.8. The lowest BCUT2D eigenvalue weighted by Crippen LogP contribution is -2.68. The first-order valence-corrected chi connectivity index (χ1v) is 20.7. The molecular weight excluding hydrogens is 811 g/mol. The lowest BCUT2D eigenvalue weighted by atomic mass is 9.95. The number of carbonyl (C=O) groups is 3. The zero-order chi connectivity index (χ0) is 44.0. The largest absolute Gasteiger partial charge is 0.467 e. The SMILES string of the molecule is COC(=O)C1OC(O)C(OCc2ccccc2)C(OCc2ccccc2)C1OC1OC(COC(=O)C(=O)c2ccccc2)C(OCc2ccccc2)C(OCc2ccccc2)C1N. The molecule has 10 unspecified atom stereocenters. The highest BCUT2D eigenvalue weighted by Gasteiger charge is 2.55. The molecule has 5 aromatic rings. The van der Waals surface area contributed by atoms with E-state index in [9.17, 15) is 19.5 Å². The van der Waals surface area contributed by atoms with Gasteiger partial charge in [0.1, 0.15) is 43.2 Å². The molecule has 14 heteroatoms. The van der Waals surface area contributed by atoms with E-state index in [0.717, 1.165) is 22.3 Å². The van der Waals surface area contributed by atoms with Crippen LogP contribution in [-0.4, -0.2) is 97.9 Å². The summed E-state index contributed by atoms with van der Waals surface area (Å²) in [6.45, 7) is -0.206. The van der Waals surface area contributed by atoms with E-state index in [4.69, 9.17) is 48.4 Å². The lowest BCUT2D eigenvalue weighted by molar-refractivity contribution is -0.349. The number of hydrogen-bond donors (Lipinski definition) is 2. The number of carbonyl (C=O) groups excluding carboxylic acids is 3. The predicted molar refractivity (Wildman–Crippen MR) is 226 cm³/mol. The fourth-order valence-corrected chi connectivity index (χ4v) is 7.39. The number of rotatable bonds is 19. The van der Waals surface area contributed by atoms with Crippen molar-refractivity contribution in [1.82, 2.24) is 0 Å². The third-order valence-corrected chi connectivity index (χ3v) is 10.7. The fraction of sp³-hybridized carbons (Fsp3) is 0.327. The standard InChI is InChI=1S/C49H51NO13/c1-55-47(53)45-43(42(58-29-34-21-11-4-12-22-34)44(48(54)62-45)59-30-35-23-13-5-14-24-35)63-49-38(50)41(57-28-33-19-9-3-10-20-33)40(56-27-32-17-7-2-8-18-32)37(61-49)31-60-46(52)39(51)36-25-15-6-16-26-36/h2-26,37-38,40-45,48-49,54H,27-31,50H2,1H3. The Morgan fingerprint density at radius 2 is 0.984 bits per heavy atom. The summed E-state index contributed by atoms with van der Waals surface area (Å²) in [7, 11) is 1.18. The highest BCUT2D eigenvalue weighted by Crippen LogP contribution is 2.34. The Morgan fingerprint density at radius 1 is 0.556 bits per heavy atom. The van der Waals surface area contributed by atoms with Crippen molar-refractivity contribution in [3.05, 3.63) is 179 Å². The zero-order valence-electron chi connectivity index (χ0n) is 34.7. The molecule has 3 N–H and O–H groups in total. The number of aliphatic hydroxyl groups excluding tert-OH is 1. The van der Waals surface area contributed by atoms with Crippen molar-refractivity contribution in [2.24, 2.45) is 5.73 Å². The van der Waals surface area contributed by atoms with Gasteiger partial charge in [0.05, 0.1) is 39.6 Å². The van der Waals surface area contributed by atoms with Gasteiger partial charge in [-0.05, 0) is 22.3 Å². The van der Waals surface area contributed by atoms with E-state index in [1.54, 1.807) is 18.2 Å². The number of Topliss-reactive ketones (excluding diaryl/α,β-unsaturated/α-hetero) is 1. The summed E-state index contributed by atoms with van der Waals surface area (Å²) >= 11 is 0. The summed E-state index contributed by atoms with van der Waals surface area (Å²) in [5.41, 5.74) is 10.5. The maximum Gasteiger partial charge on any atom is 0.379 e. The molecule has 14 nitrogen and oxygen atoms in total. The number of aliphatic hydroxyl groups is 1. The molecule has 0 bridgehead atoms. The first-order valence-electron chi connectivity index (χ1n) is 20.7. The Bertz CT molecular complexity index is 2170. The van der Waals surface area contributed by atoms with Gasteiger partial charge < -0.3 is 53.5 Å². The van der Waals surface area contributed by atoms with Crippen LogP contribution in [-0.2, 0) is 78.6 Å². The number of esters is 2. The maximum absolute atomic E-state index is 13.5. The Kier molecular flexibility index (Phi) is 16.3. The van der Waals surface area contributed by atoms with E-state index in [2.05, 4.69) is 0 Å². The van der Waals surface area contributed by atoms with Crippen molar-refractivity contribution >= 4 is 17.7 Å². The van der Waals surface area contributed by atoms with Gasteiger partial charge in [-0.25, -0.2) is 9.59 Å². The van der Waals surface area contributed by atoms with Crippen LogP contribution in [0.15, 0.2) is 152 Å². The predicted octanol–water partition coefficient (Wildman–Crippen LogP) is 5.08. The van der Waals surface area contributed by atoms with Crippen LogP contribution in [0.4, 0.5) is 0 Å². The number of methoxy groups -OCH3 is 1. The highest BCUT2D eigenvalue weighted by atomic mass is 16.7. The van der Waals surface area contributed by atoms with E-state index in [1.807, 2.05) is 121 Å². The molecule has 0 amide bonds. The average Bonchev–Trinajstić information content (AvgIpc) is 3.33. The minimum absolute atomic E-state index is 0.0288. The zero-order valence-corrected chi connectivity index (χ0v) is 34.7. The molecule has 10 atom stereocenters.